The molecule has 2 aromatic carbocycles. The summed E-state index contributed by atoms with van der Waals surface area (Å²) in [4.78, 5) is 99.7. The molecular weight excluding hydrogens is 1050 g/mol. The van der Waals surface area contributed by atoms with Crippen molar-refractivity contribution in [2.24, 2.45) is 23.7 Å². The highest BCUT2D eigenvalue weighted by Gasteiger charge is 2.44. The molecule has 5 amide bonds. The minimum absolute atomic E-state index is 0.0430. The number of hydrogen-bond donors (Lipinski definition) is 7. The number of aliphatic hydroxyl groups is 3. The molecule has 23 heteroatoms. The summed E-state index contributed by atoms with van der Waals surface area (Å²) in [7, 11) is 5.93. The average Bonchev–Trinajstić information content (AvgIpc) is 4.29. The van der Waals surface area contributed by atoms with E-state index in [1.165, 1.54) is 38.3 Å². The second-order valence-corrected chi connectivity index (χ2v) is 22.4. The molecule has 5 rings (SSSR count). The average molecular weight is 1130 g/mol. The zero-order chi connectivity index (χ0) is 58.6. The first kappa shape index (κ1) is 63.9. The SMILES string of the molecule is CCC(C)[C@@H]([C@@H](CC(=O)N1CCC[C@H]1[C@H](OC)[C@@H](C)C(=O)NC(Cc1ccccc1)C(=O)O)OC)N(C)C(=O)[C@@H](NC(=O)[C@H](C(C)C)N(C)C(=O)OCc1ccc(O[C@H]2C[C@@H](O)[C@@H](O)[C@@H](CO)O2)c2cc(C(=O)O)sc12)C(C)C. The first-order chi connectivity index (χ1) is 37.4. The smallest absolute Gasteiger partial charge is 0.410 e. The van der Waals surface area contributed by atoms with Crippen LogP contribution in [0.5, 0.6) is 5.75 Å². The molecule has 3 aromatic rings. The predicted octanol–water partition coefficient (Wildman–Crippen LogP) is 4.27. The Labute approximate surface area is 465 Å². The molecular formula is C56H81N5O17S. The van der Waals surface area contributed by atoms with E-state index in [0.717, 1.165) is 21.8 Å². The van der Waals surface area contributed by atoms with Crippen LogP contribution in [-0.4, -0.2) is 190 Å². The van der Waals surface area contributed by atoms with Gasteiger partial charge in [0.1, 0.15) is 47.6 Å². The number of amides is 5. The van der Waals surface area contributed by atoms with Gasteiger partial charge in [-0.3, -0.25) is 24.1 Å². The van der Waals surface area contributed by atoms with Crippen LogP contribution in [0.3, 0.4) is 0 Å². The fourth-order valence-corrected chi connectivity index (χ4v) is 11.7. The number of nitrogens with one attached hydrogen (secondary N) is 2. The van der Waals surface area contributed by atoms with Crippen LogP contribution in [0.1, 0.15) is 101 Å². The first-order valence-corrected chi connectivity index (χ1v) is 27.7. The third kappa shape index (κ3) is 15.7. The second kappa shape index (κ2) is 29.0. The standard InChI is InChI=1S/C56H81N5O17S/c1-12-31(6)47(40(74-10)26-43(64)61-22-16-19-37(61)49(75-11)32(7)51(66)57-36(54(69)70)23-33-17-14-13-15-18-33)59(8)53(68)45(29(2)3)58-52(67)46(30(4)5)60(9)56(73)76-28-34-20-21-39(35-24-42(55(71)72)79-50(34)35)77-44-25-38(63)48(65)41(27-62)78-44/h13-15,17-18,20-21,24,29-32,36-38,40-41,44-49,62-63,65H,12,16,19,22-23,25-28H2,1-11H3,(H,57,66)(H,58,67)(H,69,70)(H,71,72)/t31?,32-,36?,37+,38-,40-,41-,44-,45+,46+,47+,48-,49-/m1/s1. The zero-order valence-electron chi connectivity index (χ0n) is 47.0. The number of methoxy groups -OCH3 is 2. The van der Waals surface area contributed by atoms with E-state index < -0.39 is 127 Å². The lowest BCUT2D eigenvalue weighted by Gasteiger charge is -2.41. The van der Waals surface area contributed by atoms with Crippen LogP contribution < -0.4 is 15.4 Å². The first-order valence-electron chi connectivity index (χ1n) is 26.9. The number of likely N-dealkylation sites (tertiary alicyclic amines) is 1. The fourth-order valence-electron chi connectivity index (χ4n) is 10.7. The van der Waals surface area contributed by atoms with Gasteiger partial charge in [0.15, 0.2) is 0 Å². The molecule has 2 fully saturated rings. The summed E-state index contributed by atoms with van der Waals surface area (Å²) in [5.41, 5.74) is 1.16. The number of carboxylic acids is 2. The fraction of sp³-hybridized carbons (Fsp3) is 0.625. The van der Waals surface area contributed by atoms with Crippen LogP contribution >= 0.6 is 11.3 Å². The summed E-state index contributed by atoms with van der Waals surface area (Å²) < 4.78 is 29.7. The van der Waals surface area contributed by atoms with Gasteiger partial charge in [-0.1, -0.05) is 91.3 Å². The molecule has 0 bridgehead atoms. The summed E-state index contributed by atoms with van der Waals surface area (Å²) in [6.45, 7) is 12.0. The normalized spacial score (nSPS) is 21.5. The molecule has 22 nitrogen and oxygen atoms in total. The number of thiophene rings is 1. The number of rotatable bonds is 27. The van der Waals surface area contributed by atoms with Crippen molar-refractivity contribution < 1.29 is 82.8 Å². The monoisotopic (exact) mass is 1130 g/mol. The van der Waals surface area contributed by atoms with E-state index in [-0.39, 0.29) is 48.3 Å². The molecule has 0 radical (unpaired) electrons. The van der Waals surface area contributed by atoms with Gasteiger partial charge in [-0.25, -0.2) is 14.4 Å². The van der Waals surface area contributed by atoms with Gasteiger partial charge in [-0.05, 0) is 48.3 Å². The molecule has 13 atom stereocenters. The zero-order valence-corrected chi connectivity index (χ0v) is 47.8. The van der Waals surface area contributed by atoms with Gasteiger partial charge in [-0.15, -0.1) is 11.3 Å². The van der Waals surface area contributed by atoms with E-state index in [2.05, 4.69) is 10.6 Å². The maximum atomic E-state index is 14.8. The summed E-state index contributed by atoms with van der Waals surface area (Å²) in [6, 6.07) is 8.86. The molecule has 2 aliphatic rings. The van der Waals surface area contributed by atoms with E-state index in [1.807, 2.05) is 19.9 Å². The van der Waals surface area contributed by atoms with Crippen LogP contribution in [0.25, 0.3) is 10.1 Å². The molecule has 79 heavy (non-hydrogen) atoms. The van der Waals surface area contributed by atoms with Gasteiger partial charge in [0.05, 0.1) is 49.3 Å². The highest BCUT2D eigenvalue weighted by Crippen LogP contribution is 2.38. The number of hydrogen-bond acceptors (Lipinski definition) is 16. The number of aromatic carboxylic acids is 1. The van der Waals surface area contributed by atoms with Crippen molar-refractivity contribution in [3.63, 3.8) is 0 Å². The molecule has 0 aliphatic carbocycles. The van der Waals surface area contributed by atoms with Crippen molar-refractivity contribution >= 4 is 63.1 Å². The maximum absolute atomic E-state index is 14.8. The Bertz CT molecular complexity index is 2560. The van der Waals surface area contributed by atoms with Gasteiger partial charge < -0.3 is 69.7 Å². The molecule has 1 aromatic heterocycles. The van der Waals surface area contributed by atoms with Crippen molar-refractivity contribution in [2.75, 3.05) is 41.5 Å². The van der Waals surface area contributed by atoms with Crippen molar-refractivity contribution in [1.29, 1.82) is 0 Å². The Kier molecular flexibility index (Phi) is 23.4. The van der Waals surface area contributed by atoms with Gasteiger partial charge in [0, 0.05) is 63.4 Å². The van der Waals surface area contributed by atoms with Gasteiger partial charge in [0.2, 0.25) is 29.9 Å². The van der Waals surface area contributed by atoms with E-state index in [0.29, 0.717) is 41.5 Å². The number of ether oxygens (including phenoxy) is 5. The van der Waals surface area contributed by atoms with Crippen LogP contribution in [0.2, 0.25) is 0 Å². The number of fused-ring (bicyclic) bond motifs is 1. The lowest BCUT2D eigenvalue weighted by molar-refractivity contribution is -0.229. The lowest BCUT2D eigenvalue weighted by Crippen LogP contribution is -2.60. The van der Waals surface area contributed by atoms with E-state index >= 15 is 0 Å². The summed E-state index contributed by atoms with van der Waals surface area (Å²) >= 11 is 0.915. The number of aliphatic carboxylic acids is 1. The van der Waals surface area contributed by atoms with E-state index in [4.69, 9.17) is 23.7 Å². The number of likely N-dealkylation sites (N-methyl/N-ethyl adjacent to an activating group) is 2. The lowest BCUT2D eigenvalue weighted by atomic mass is 9.89. The summed E-state index contributed by atoms with van der Waals surface area (Å²) in [5, 5.41) is 55.9. The summed E-state index contributed by atoms with van der Waals surface area (Å²) in [5.74, 6) is -6.06. The minimum Gasteiger partial charge on any atom is -0.480 e. The molecule has 3 heterocycles. The van der Waals surface area contributed by atoms with Gasteiger partial charge in [-0.2, -0.15) is 0 Å². The van der Waals surface area contributed by atoms with E-state index in [1.54, 1.807) is 76.9 Å². The second-order valence-electron chi connectivity index (χ2n) is 21.3. The number of carboxylic acid groups (broad SMARTS) is 2. The van der Waals surface area contributed by atoms with Crippen LogP contribution in [0.4, 0.5) is 4.79 Å². The Morgan fingerprint density at radius 2 is 1.57 bits per heavy atom. The topological polar surface area (TPSA) is 301 Å². The van der Waals surface area contributed by atoms with Crippen LogP contribution in [0.15, 0.2) is 48.5 Å². The van der Waals surface area contributed by atoms with Gasteiger partial charge in [0.25, 0.3) is 0 Å². The number of benzene rings is 2. The Balaban J connectivity index is 1.27. The van der Waals surface area contributed by atoms with Crippen molar-refractivity contribution in [1.82, 2.24) is 25.3 Å². The van der Waals surface area contributed by atoms with Gasteiger partial charge >= 0.3 is 18.0 Å². The van der Waals surface area contributed by atoms with Crippen LogP contribution in [-0.2, 0) is 55.9 Å². The number of nitrogens with zero attached hydrogens (tertiary/aromatic N) is 3. The Hall–Kier alpha value is -5.95. The summed E-state index contributed by atoms with van der Waals surface area (Å²) in [6.07, 6.45) is -5.70. The van der Waals surface area contributed by atoms with Crippen molar-refractivity contribution in [3.8, 4) is 5.75 Å². The molecule has 2 aliphatic heterocycles. The third-order valence-electron chi connectivity index (χ3n) is 15.3. The Morgan fingerprint density at radius 1 is 0.886 bits per heavy atom. The Morgan fingerprint density at radius 3 is 2.15 bits per heavy atom. The molecule has 438 valence electrons. The minimum atomic E-state index is -1.34. The molecule has 0 spiro atoms. The molecule has 2 unspecified atom stereocenters. The predicted molar refractivity (Wildman–Crippen MR) is 291 cm³/mol. The molecule has 2 saturated heterocycles. The van der Waals surface area contributed by atoms with Crippen molar-refractivity contribution in [2.45, 2.75) is 161 Å². The quantitative estimate of drug-likeness (QED) is 0.0561. The van der Waals surface area contributed by atoms with E-state index in [9.17, 15) is 59.1 Å². The highest BCUT2D eigenvalue weighted by atomic mass is 32.1. The number of aliphatic hydroxyl groups excluding tert-OH is 3. The van der Waals surface area contributed by atoms with Crippen molar-refractivity contribution in [3.05, 3.63) is 64.5 Å². The largest absolute Gasteiger partial charge is 0.480 e. The van der Waals surface area contributed by atoms with Crippen LogP contribution in [0, 0.1) is 23.7 Å². The third-order valence-corrected chi connectivity index (χ3v) is 16.5. The molecule has 7 N–H and O–H groups in total. The maximum Gasteiger partial charge on any atom is 0.410 e. The highest BCUT2D eigenvalue weighted by molar-refractivity contribution is 7.21. The number of carbonyl (C=O) groups excluding carboxylic acids is 5. The molecule has 0 saturated carbocycles. The number of carbonyl (C=O) groups is 7.